The first-order valence-electron chi connectivity index (χ1n) is 6.07. The minimum Gasteiger partial charge on any atom is -0.0683 e. The van der Waals surface area contributed by atoms with Crippen molar-refractivity contribution in [2.75, 3.05) is 0 Å². The lowest BCUT2D eigenvalue weighted by atomic mass is 9.87. The van der Waals surface area contributed by atoms with Crippen LogP contribution in [0.5, 0.6) is 0 Å². The van der Waals surface area contributed by atoms with Gasteiger partial charge in [0.1, 0.15) is 0 Å². The predicted octanol–water partition coefficient (Wildman–Crippen LogP) is 5.43. The zero-order valence-electron chi connectivity index (χ0n) is 11.6. The zero-order chi connectivity index (χ0) is 12.3. The average Bonchev–Trinajstić information content (AvgIpc) is 2.22. The van der Waals surface area contributed by atoms with Crippen LogP contribution in [0.1, 0.15) is 60.5 Å². The molecule has 0 heteroatoms. The quantitative estimate of drug-likeness (QED) is 0.533. The van der Waals surface area contributed by atoms with Crippen LogP contribution in [0.2, 0.25) is 0 Å². The maximum atomic E-state index is 2.22. The summed E-state index contributed by atoms with van der Waals surface area (Å²) in [6.45, 7) is 14.9. The Labute approximate surface area is 96.7 Å². The maximum Gasteiger partial charge on any atom is -0.0132 e. The van der Waals surface area contributed by atoms with Gasteiger partial charge in [0.2, 0.25) is 0 Å². The Balaban J connectivity index is 0. The summed E-state index contributed by atoms with van der Waals surface area (Å²) in [4.78, 5) is 0. The molecule has 1 aromatic rings. The van der Waals surface area contributed by atoms with Crippen molar-refractivity contribution >= 4 is 0 Å². The van der Waals surface area contributed by atoms with Crippen molar-refractivity contribution in [1.82, 2.24) is 0 Å². The van der Waals surface area contributed by atoms with Crippen LogP contribution in [0, 0.1) is 0 Å². The summed E-state index contributed by atoms with van der Waals surface area (Å²) in [6, 6.07) is 10.6. The second-order valence-electron chi connectivity index (χ2n) is 4.32. The van der Waals surface area contributed by atoms with Gasteiger partial charge in [0.15, 0.2) is 0 Å². The van der Waals surface area contributed by atoms with Gasteiger partial charge in [0.25, 0.3) is 0 Å². The van der Waals surface area contributed by atoms with E-state index in [4.69, 9.17) is 0 Å². The highest BCUT2D eigenvalue weighted by Gasteiger charge is 2.11. The van der Waals surface area contributed by atoms with Crippen molar-refractivity contribution in [3.8, 4) is 0 Å². The van der Waals surface area contributed by atoms with Crippen LogP contribution < -0.4 is 0 Å². The van der Waals surface area contributed by atoms with Crippen molar-refractivity contribution in [3.63, 3.8) is 0 Å². The minimum atomic E-state index is 0.293. The lowest BCUT2D eigenvalue weighted by Gasteiger charge is -2.18. The SMILES string of the molecule is CC.CC(C)(C)c1ccccc1.CCC. The third kappa shape index (κ3) is 9.52. The van der Waals surface area contributed by atoms with Gasteiger partial charge in [-0.05, 0) is 11.0 Å². The van der Waals surface area contributed by atoms with Crippen molar-refractivity contribution in [2.24, 2.45) is 0 Å². The highest BCUT2D eigenvalue weighted by molar-refractivity contribution is 5.21. The summed E-state index contributed by atoms with van der Waals surface area (Å²) in [5, 5.41) is 0. The molecule has 0 fully saturated rings. The molecule has 1 rings (SSSR count). The minimum absolute atomic E-state index is 0.293. The summed E-state index contributed by atoms with van der Waals surface area (Å²) in [5.74, 6) is 0. The number of hydrogen-bond donors (Lipinski definition) is 0. The molecular weight excluding hydrogens is 180 g/mol. The van der Waals surface area contributed by atoms with E-state index in [0.29, 0.717) is 5.41 Å². The van der Waals surface area contributed by atoms with Crippen LogP contribution in [0.4, 0.5) is 0 Å². The Morgan fingerprint density at radius 3 is 1.40 bits per heavy atom. The molecule has 0 N–H and O–H groups in total. The summed E-state index contributed by atoms with van der Waals surface area (Å²) >= 11 is 0. The smallest absolute Gasteiger partial charge is 0.0132 e. The molecule has 0 spiro atoms. The topological polar surface area (TPSA) is 0 Å². The van der Waals surface area contributed by atoms with Crippen LogP contribution >= 0.6 is 0 Å². The molecule has 0 amide bonds. The molecule has 88 valence electrons. The Bertz CT molecular complexity index is 203. The van der Waals surface area contributed by atoms with E-state index in [-0.39, 0.29) is 0 Å². The van der Waals surface area contributed by atoms with Gasteiger partial charge in [0.05, 0.1) is 0 Å². The highest BCUT2D eigenvalue weighted by atomic mass is 14.2. The van der Waals surface area contributed by atoms with E-state index in [1.165, 1.54) is 12.0 Å². The molecule has 0 atom stereocenters. The van der Waals surface area contributed by atoms with Crippen molar-refractivity contribution in [3.05, 3.63) is 35.9 Å². The zero-order valence-corrected chi connectivity index (χ0v) is 11.6. The summed E-state index contributed by atoms with van der Waals surface area (Å²) in [6.07, 6.45) is 1.25. The molecule has 0 heterocycles. The van der Waals surface area contributed by atoms with Crippen LogP contribution in [0.25, 0.3) is 0 Å². The molecular formula is C15H28. The van der Waals surface area contributed by atoms with Gasteiger partial charge < -0.3 is 0 Å². The van der Waals surface area contributed by atoms with Crippen LogP contribution in [-0.2, 0) is 5.41 Å². The van der Waals surface area contributed by atoms with E-state index in [2.05, 4.69) is 65.0 Å². The number of hydrogen-bond acceptors (Lipinski definition) is 0. The Kier molecular flexibility index (Phi) is 10.8. The fraction of sp³-hybridized carbons (Fsp3) is 0.600. The number of rotatable bonds is 0. The second-order valence-corrected chi connectivity index (χ2v) is 4.32. The molecule has 0 saturated heterocycles. The van der Waals surface area contributed by atoms with Gasteiger partial charge in [-0.1, -0.05) is 85.2 Å². The molecule has 0 aromatic heterocycles. The monoisotopic (exact) mass is 208 g/mol. The van der Waals surface area contributed by atoms with E-state index in [1.54, 1.807) is 0 Å². The number of benzene rings is 1. The van der Waals surface area contributed by atoms with Gasteiger partial charge in [-0.2, -0.15) is 0 Å². The molecule has 1 aromatic carbocycles. The van der Waals surface area contributed by atoms with E-state index in [0.717, 1.165) is 0 Å². The first kappa shape index (κ1) is 16.6. The van der Waals surface area contributed by atoms with Crippen LogP contribution in [0.15, 0.2) is 30.3 Å². The van der Waals surface area contributed by atoms with E-state index < -0.39 is 0 Å². The average molecular weight is 208 g/mol. The van der Waals surface area contributed by atoms with Crippen molar-refractivity contribution < 1.29 is 0 Å². The van der Waals surface area contributed by atoms with Crippen LogP contribution in [-0.4, -0.2) is 0 Å². The van der Waals surface area contributed by atoms with Gasteiger partial charge >= 0.3 is 0 Å². The molecule has 15 heavy (non-hydrogen) atoms. The maximum absolute atomic E-state index is 2.22. The Morgan fingerprint density at radius 1 is 0.867 bits per heavy atom. The highest BCUT2D eigenvalue weighted by Crippen LogP contribution is 2.20. The van der Waals surface area contributed by atoms with E-state index >= 15 is 0 Å². The Morgan fingerprint density at radius 2 is 1.20 bits per heavy atom. The van der Waals surface area contributed by atoms with Gasteiger partial charge in [-0.3, -0.25) is 0 Å². The Hall–Kier alpha value is -0.780. The predicted molar refractivity (Wildman–Crippen MR) is 72.5 cm³/mol. The first-order valence-corrected chi connectivity index (χ1v) is 6.07. The lowest BCUT2D eigenvalue weighted by Crippen LogP contribution is -2.10. The molecule has 0 unspecified atom stereocenters. The van der Waals surface area contributed by atoms with Gasteiger partial charge in [-0.25, -0.2) is 0 Å². The lowest BCUT2D eigenvalue weighted by molar-refractivity contribution is 0.590. The normalized spacial score (nSPS) is 9.27. The van der Waals surface area contributed by atoms with Crippen molar-refractivity contribution in [2.45, 2.75) is 60.3 Å². The molecule has 0 aliphatic rings. The van der Waals surface area contributed by atoms with E-state index in [9.17, 15) is 0 Å². The summed E-state index contributed by atoms with van der Waals surface area (Å²) in [5.41, 5.74) is 1.69. The summed E-state index contributed by atoms with van der Waals surface area (Å²) in [7, 11) is 0. The second kappa shape index (κ2) is 9.76. The van der Waals surface area contributed by atoms with Crippen molar-refractivity contribution in [1.29, 1.82) is 0 Å². The molecule has 0 saturated carbocycles. The molecule has 0 aliphatic carbocycles. The summed E-state index contributed by atoms with van der Waals surface area (Å²) < 4.78 is 0. The molecule has 0 aliphatic heterocycles. The third-order valence-electron chi connectivity index (χ3n) is 1.64. The fourth-order valence-electron chi connectivity index (χ4n) is 0.938. The van der Waals surface area contributed by atoms with E-state index in [1.807, 2.05) is 13.8 Å². The standard InChI is InChI=1S/C10H14.C3H8.C2H6/c1-10(2,3)9-7-5-4-6-8-9;1-3-2;1-2/h4-8H,1-3H3;3H2,1-2H3;1-2H3. The third-order valence-corrected chi connectivity index (χ3v) is 1.64. The fourth-order valence-corrected chi connectivity index (χ4v) is 0.938. The van der Waals surface area contributed by atoms with Gasteiger partial charge in [0, 0.05) is 0 Å². The largest absolute Gasteiger partial charge is 0.0683 e. The van der Waals surface area contributed by atoms with Gasteiger partial charge in [-0.15, -0.1) is 0 Å². The molecule has 0 radical (unpaired) electrons. The van der Waals surface area contributed by atoms with Crippen LogP contribution in [0.3, 0.4) is 0 Å². The first-order chi connectivity index (χ1) is 7.02. The molecule has 0 nitrogen and oxygen atoms in total. The molecule has 0 bridgehead atoms.